The summed E-state index contributed by atoms with van der Waals surface area (Å²) in [5.41, 5.74) is 4.90. The Bertz CT molecular complexity index is 1390. The molecule has 0 aromatic heterocycles. The number of aliphatic imine (C=N–C) groups is 2. The summed E-state index contributed by atoms with van der Waals surface area (Å²) in [6, 6.07) is 39.2. The van der Waals surface area contributed by atoms with E-state index in [-0.39, 0.29) is 19.4 Å². The molecule has 0 spiro atoms. The molecule has 0 radical (unpaired) electrons. The van der Waals surface area contributed by atoms with Gasteiger partial charge in [0.05, 0.1) is 18.0 Å². The van der Waals surface area contributed by atoms with Crippen molar-refractivity contribution in [3.8, 4) is 24.7 Å². The molecule has 4 aromatic carbocycles. The summed E-state index contributed by atoms with van der Waals surface area (Å²) in [5, 5.41) is 0. The molecule has 0 heterocycles. The standard InChI is InChI=1S/C36H33N2O2P/c1-4-19-33(37-35(29-21-11-7-12-22-29)30-23-13-8-14-24-30)41(39,40-6-3)34(20-5-2)38-36(31-25-15-9-16-26-31)32-27-17-10-18-28-32/h1-2,7-18,21-28,33-34H,6,19-20H2,3H3. The van der Waals surface area contributed by atoms with Crippen LogP contribution in [0.4, 0.5) is 0 Å². The van der Waals surface area contributed by atoms with Crippen LogP contribution in [0.15, 0.2) is 131 Å². The second-order valence-corrected chi connectivity index (χ2v) is 12.0. The van der Waals surface area contributed by atoms with Crippen LogP contribution in [0.25, 0.3) is 0 Å². The minimum absolute atomic E-state index is 0.100. The number of terminal acetylenes is 2. The van der Waals surface area contributed by atoms with Gasteiger partial charge in [-0.25, -0.2) is 0 Å². The normalized spacial score (nSPS) is 13.4. The molecule has 0 saturated heterocycles. The lowest BCUT2D eigenvalue weighted by Crippen LogP contribution is -2.22. The zero-order valence-corrected chi connectivity index (χ0v) is 24.0. The van der Waals surface area contributed by atoms with Gasteiger partial charge in [0, 0.05) is 35.1 Å². The minimum Gasteiger partial charge on any atom is -0.326 e. The fraction of sp³-hybridized carbons (Fsp3) is 0.167. The molecular formula is C36H33N2O2P. The minimum atomic E-state index is -3.72. The Morgan fingerprint density at radius 1 is 0.634 bits per heavy atom. The highest BCUT2D eigenvalue weighted by molar-refractivity contribution is 7.60. The van der Waals surface area contributed by atoms with E-state index in [1.54, 1.807) is 0 Å². The summed E-state index contributed by atoms with van der Waals surface area (Å²) < 4.78 is 21.3. The highest BCUT2D eigenvalue weighted by Gasteiger charge is 2.42. The molecule has 4 rings (SSSR count). The van der Waals surface area contributed by atoms with Gasteiger partial charge in [-0.2, -0.15) is 0 Å². The van der Waals surface area contributed by atoms with Gasteiger partial charge in [0.1, 0.15) is 11.6 Å². The molecule has 0 aliphatic rings. The zero-order valence-electron chi connectivity index (χ0n) is 23.1. The molecule has 4 aromatic rings. The average Bonchev–Trinajstić information content (AvgIpc) is 3.03. The SMILES string of the molecule is C#CCC(N=C(c1ccccc1)c1ccccc1)P(=O)(OCC)C(CC#C)N=C(c1ccccc1)c1ccccc1. The molecule has 0 aliphatic heterocycles. The van der Waals surface area contributed by atoms with Crippen LogP contribution < -0.4 is 0 Å². The van der Waals surface area contributed by atoms with Gasteiger partial charge < -0.3 is 4.52 Å². The summed E-state index contributed by atoms with van der Waals surface area (Å²) in [7, 11) is -3.72. The number of hydrogen-bond acceptors (Lipinski definition) is 4. The lowest BCUT2D eigenvalue weighted by molar-refractivity contribution is 0.318. The van der Waals surface area contributed by atoms with E-state index in [0.29, 0.717) is 11.4 Å². The van der Waals surface area contributed by atoms with Crippen LogP contribution in [0, 0.1) is 24.7 Å². The van der Waals surface area contributed by atoms with Gasteiger partial charge in [0.25, 0.3) is 7.37 Å². The third-order valence-electron chi connectivity index (χ3n) is 6.51. The lowest BCUT2D eigenvalue weighted by atomic mass is 10.0. The maximum atomic E-state index is 15.2. The van der Waals surface area contributed by atoms with E-state index in [4.69, 9.17) is 27.4 Å². The van der Waals surface area contributed by atoms with Crippen molar-refractivity contribution >= 4 is 18.8 Å². The Morgan fingerprint density at radius 3 is 1.17 bits per heavy atom. The van der Waals surface area contributed by atoms with Crippen molar-refractivity contribution in [2.75, 3.05) is 6.61 Å². The van der Waals surface area contributed by atoms with Crippen LogP contribution >= 0.6 is 7.37 Å². The summed E-state index contributed by atoms with van der Waals surface area (Å²) in [6.07, 6.45) is 11.9. The Morgan fingerprint density at radius 2 is 0.927 bits per heavy atom. The molecule has 4 nitrogen and oxygen atoms in total. The predicted molar refractivity (Wildman–Crippen MR) is 171 cm³/mol. The van der Waals surface area contributed by atoms with E-state index in [1.165, 1.54) is 0 Å². The molecule has 0 bridgehead atoms. The van der Waals surface area contributed by atoms with Crippen molar-refractivity contribution in [3.05, 3.63) is 144 Å². The number of hydrogen-bond donors (Lipinski definition) is 0. The third kappa shape index (κ3) is 7.39. The molecule has 204 valence electrons. The maximum Gasteiger partial charge on any atom is 0.252 e. The van der Waals surface area contributed by atoms with Gasteiger partial charge in [0.15, 0.2) is 0 Å². The third-order valence-corrected chi connectivity index (χ3v) is 9.43. The molecule has 0 saturated carbocycles. The molecule has 2 atom stereocenters. The first-order valence-corrected chi connectivity index (χ1v) is 15.3. The first-order valence-electron chi connectivity index (χ1n) is 13.6. The van der Waals surface area contributed by atoms with Crippen molar-refractivity contribution in [1.82, 2.24) is 0 Å². The Labute approximate surface area is 243 Å². The van der Waals surface area contributed by atoms with Crippen LogP contribution in [0.2, 0.25) is 0 Å². The number of benzene rings is 4. The molecule has 0 fully saturated rings. The van der Waals surface area contributed by atoms with Crippen molar-refractivity contribution in [3.63, 3.8) is 0 Å². The highest BCUT2D eigenvalue weighted by atomic mass is 31.2. The second kappa shape index (κ2) is 14.8. The van der Waals surface area contributed by atoms with Crippen molar-refractivity contribution in [2.24, 2.45) is 9.98 Å². The smallest absolute Gasteiger partial charge is 0.252 e. The summed E-state index contributed by atoms with van der Waals surface area (Å²) in [4.78, 5) is 10.2. The van der Waals surface area contributed by atoms with Gasteiger partial charge in [0.2, 0.25) is 0 Å². The molecule has 0 aliphatic carbocycles. The van der Waals surface area contributed by atoms with E-state index >= 15 is 4.57 Å². The molecule has 0 N–H and O–H groups in total. The molecule has 5 heteroatoms. The molecule has 0 amide bonds. The molecule has 41 heavy (non-hydrogen) atoms. The van der Waals surface area contributed by atoms with Crippen LogP contribution in [-0.4, -0.2) is 29.6 Å². The monoisotopic (exact) mass is 556 g/mol. The predicted octanol–water partition coefficient (Wildman–Crippen LogP) is 8.08. The quantitative estimate of drug-likeness (QED) is 0.101. The maximum absolute atomic E-state index is 15.2. The van der Waals surface area contributed by atoms with Gasteiger partial charge in [-0.15, -0.1) is 24.7 Å². The Hall–Kier alpha value is -4.47. The van der Waals surface area contributed by atoms with Gasteiger partial charge in [-0.05, 0) is 6.92 Å². The van der Waals surface area contributed by atoms with Gasteiger partial charge in [-0.3, -0.25) is 14.5 Å². The van der Waals surface area contributed by atoms with Crippen LogP contribution in [0.1, 0.15) is 42.0 Å². The zero-order chi connectivity index (χ0) is 28.9. The van der Waals surface area contributed by atoms with Crippen LogP contribution in [0.3, 0.4) is 0 Å². The second-order valence-electron chi connectivity index (χ2n) is 9.26. The Kier molecular flexibility index (Phi) is 10.6. The van der Waals surface area contributed by atoms with E-state index in [9.17, 15) is 0 Å². The van der Waals surface area contributed by atoms with Gasteiger partial charge in [-0.1, -0.05) is 121 Å². The van der Waals surface area contributed by atoms with Gasteiger partial charge >= 0.3 is 0 Å². The van der Waals surface area contributed by atoms with Crippen molar-refractivity contribution in [1.29, 1.82) is 0 Å². The molecular weight excluding hydrogens is 523 g/mol. The lowest BCUT2D eigenvalue weighted by Gasteiger charge is -2.29. The van der Waals surface area contributed by atoms with Crippen LogP contribution in [-0.2, 0) is 9.09 Å². The summed E-state index contributed by atoms with van der Waals surface area (Å²) >= 11 is 0. The summed E-state index contributed by atoms with van der Waals surface area (Å²) in [6.45, 7) is 2.01. The molecule has 2 unspecified atom stereocenters. The topological polar surface area (TPSA) is 51.0 Å². The van der Waals surface area contributed by atoms with Crippen LogP contribution in [0.5, 0.6) is 0 Å². The number of nitrogens with zero attached hydrogens (tertiary/aromatic N) is 2. The summed E-state index contributed by atoms with van der Waals surface area (Å²) in [5.74, 6) is 3.66. The fourth-order valence-corrected chi connectivity index (χ4v) is 7.02. The van der Waals surface area contributed by atoms with Crippen molar-refractivity contribution < 1.29 is 9.09 Å². The van der Waals surface area contributed by atoms with E-state index in [0.717, 1.165) is 22.3 Å². The number of rotatable bonds is 12. The fourth-order valence-electron chi connectivity index (χ4n) is 4.60. The first kappa shape index (κ1) is 29.5. The van der Waals surface area contributed by atoms with E-state index in [2.05, 4.69) is 11.8 Å². The largest absolute Gasteiger partial charge is 0.326 e. The first-order chi connectivity index (χ1) is 20.1. The average molecular weight is 557 g/mol. The Balaban J connectivity index is 1.93. The van der Waals surface area contributed by atoms with E-state index < -0.39 is 18.9 Å². The highest BCUT2D eigenvalue weighted by Crippen LogP contribution is 2.60. The van der Waals surface area contributed by atoms with E-state index in [1.807, 2.05) is 128 Å². The van der Waals surface area contributed by atoms with Crippen molar-refractivity contribution in [2.45, 2.75) is 31.3 Å².